The van der Waals surface area contributed by atoms with Crippen LogP contribution in [0, 0.1) is 0 Å². The highest BCUT2D eigenvalue weighted by molar-refractivity contribution is 6.33. The molecule has 0 atom stereocenters. The largest absolute Gasteiger partial charge is 0.343 e. The number of anilines is 2. The molecule has 3 aromatic carbocycles. The van der Waals surface area contributed by atoms with Gasteiger partial charge in [0.1, 0.15) is 0 Å². The van der Waals surface area contributed by atoms with Crippen LogP contribution in [0.1, 0.15) is 20.7 Å². The van der Waals surface area contributed by atoms with Gasteiger partial charge in [-0.3, -0.25) is 14.5 Å². The third-order valence-corrected chi connectivity index (χ3v) is 7.32. The molecule has 2 aliphatic heterocycles. The molecule has 0 spiro atoms. The summed E-state index contributed by atoms with van der Waals surface area (Å²) >= 11 is 6.32. The van der Waals surface area contributed by atoms with Crippen LogP contribution in [0.2, 0.25) is 5.02 Å². The van der Waals surface area contributed by atoms with Crippen LogP contribution in [0.5, 0.6) is 0 Å². The first-order valence-corrected chi connectivity index (χ1v) is 12.3. The number of rotatable bonds is 5. The van der Waals surface area contributed by atoms with Gasteiger partial charge in [-0.25, -0.2) is 0 Å². The third-order valence-electron chi connectivity index (χ3n) is 7.00. The van der Waals surface area contributed by atoms with Crippen LogP contribution in [0.3, 0.4) is 0 Å². The number of likely N-dealkylation sites (tertiary alicyclic amines) is 1. The van der Waals surface area contributed by atoms with Crippen LogP contribution in [-0.2, 0) is 0 Å². The van der Waals surface area contributed by atoms with E-state index in [-0.39, 0.29) is 11.8 Å². The molecule has 0 bridgehead atoms. The topological polar surface area (TPSA) is 47.1 Å². The first-order chi connectivity index (χ1) is 17.0. The lowest BCUT2D eigenvalue weighted by atomic mass is 10.0. The van der Waals surface area contributed by atoms with Gasteiger partial charge >= 0.3 is 0 Å². The molecule has 2 heterocycles. The molecule has 2 saturated heterocycles. The summed E-state index contributed by atoms with van der Waals surface area (Å²) in [5.41, 5.74) is 3.33. The van der Waals surface area contributed by atoms with Crippen molar-refractivity contribution in [1.82, 2.24) is 14.7 Å². The maximum absolute atomic E-state index is 13.0. The van der Waals surface area contributed by atoms with Crippen LogP contribution >= 0.6 is 11.6 Å². The number of nitrogens with zero attached hydrogens (tertiary/aromatic N) is 4. The second kappa shape index (κ2) is 10.1. The Morgan fingerprint density at radius 2 is 1.31 bits per heavy atom. The standard InChI is InChI=1S/C28H29ClN4O2/c1-30(26-10-6-5-9-25(26)29)23-13-11-22(12-14-23)28(35)33-19-24(20-33)31-15-17-32(18-16-31)27(34)21-7-3-2-4-8-21/h2-14,24H,15-20H2,1H3. The van der Waals surface area contributed by atoms with Crippen molar-refractivity contribution in [2.24, 2.45) is 0 Å². The van der Waals surface area contributed by atoms with Gasteiger partial charge in [0.2, 0.25) is 0 Å². The van der Waals surface area contributed by atoms with E-state index in [1.165, 1.54) is 0 Å². The van der Waals surface area contributed by atoms with Gasteiger partial charge in [0.05, 0.1) is 10.7 Å². The predicted molar refractivity (Wildman–Crippen MR) is 140 cm³/mol. The highest BCUT2D eigenvalue weighted by Crippen LogP contribution is 2.30. The average Bonchev–Trinajstić information content (AvgIpc) is 2.88. The number of carbonyl (C=O) groups excluding carboxylic acids is 2. The van der Waals surface area contributed by atoms with Crippen molar-refractivity contribution in [2.45, 2.75) is 6.04 Å². The number of para-hydroxylation sites is 1. The molecular weight excluding hydrogens is 460 g/mol. The van der Waals surface area contributed by atoms with Crippen molar-refractivity contribution in [3.63, 3.8) is 0 Å². The average molecular weight is 489 g/mol. The summed E-state index contributed by atoms with van der Waals surface area (Å²) in [4.78, 5) is 33.9. The van der Waals surface area contributed by atoms with E-state index < -0.39 is 0 Å². The minimum absolute atomic E-state index is 0.0612. The second-order valence-electron chi connectivity index (χ2n) is 9.12. The van der Waals surface area contributed by atoms with E-state index in [1.807, 2.05) is 101 Å². The lowest BCUT2D eigenvalue weighted by Gasteiger charge is -2.48. The van der Waals surface area contributed by atoms with Gasteiger partial charge in [0.25, 0.3) is 11.8 Å². The number of piperazine rings is 1. The van der Waals surface area contributed by atoms with Gasteiger partial charge in [-0.15, -0.1) is 0 Å². The Morgan fingerprint density at radius 3 is 1.97 bits per heavy atom. The maximum Gasteiger partial charge on any atom is 0.253 e. The minimum atomic E-state index is 0.0612. The van der Waals surface area contributed by atoms with Crippen LogP contribution in [0.4, 0.5) is 11.4 Å². The Hall–Kier alpha value is -3.35. The van der Waals surface area contributed by atoms with Crippen LogP contribution < -0.4 is 4.90 Å². The van der Waals surface area contributed by atoms with E-state index in [0.717, 1.165) is 56.2 Å². The zero-order valence-electron chi connectivity index (χ0n) is 19.8. The lowest BCUT2D eigenvalue weighted by molar-refractivity contribution is 0.00854. The monoisotopic (exact) mass is 488 g/mol. The molecule has 0 radical (unpaired) electrons. The quantitative estimate of drug-likeness (QED) is 0.534. The van der Waals surface area contributed by atoms with Gasteiger partial charge in [-0.05, 0) is 48.5 Å². The molecule has 0 saturated carbocycles. The van der Waals surface area contributed by atoms with Crippen molar-refractivity contribution in [1.29, 1.82) is 0 Å². The number of carbonyl (C=O) groups is 2. The van der Waals surface area contributed by atoms with Gasteiger partial charge < -0.3 is 14.7 Å². The maximum atomic E-state index is 13.0. The van der Waals surface area contributed by atoms with Crippen molar-refractivity contribution in [3.05, 3.63) is 95.0 Å². The Labute approximate surface area is 211 Å². The van der Waals surface area contributed by atoms with E-state index in [9.17, 15) is 9.59 Å². The summed E-state index contributed by atoms with van der Waals surface area (Å²) in [6.07, 6.45) is 0. The zero-order chi connectivity index (χ0) is 24.4. The van der Waals surface area contributed by atoms with E-state index >= 15 is 0 Å². The fourth-order valence-electron chi connectivity index (χ4n) is 4.78. The highest BCUT2D eigenvalue weighted by Gasteiger charge is 2.37. The summed E-state index contributed by atoms with van der Waals surface area (Å²) in [6, 6.07) is 25.2. The summed E-state index contributed by atoms with van der Waals surface area (Å²) in [5.74, 6) is 0.158. The number of hydrogen-bond donors (Lipinski definition) is 0. The molecule has 7 heteroatoms. The molecule has 2 aliphatic rings. The summed E-state index contributed by atoms with van der Waals surface area (Å²) in [5, 5.41) is 0.687. The van der Waals surface area contributed by atoms with Gasteiger partial charge in [-0.2, -0.15) is 0 Å². The van der Waals surface area contributed by atoms with Crippen molar-refractivity contribution in [3.8, 4) is 0 Å². The first-order valence-electron chi connectivity index (χ1n) is 12.0. The van der Waals surface area contributed by atoms with Crippen LogP contribution in [0.15, 0.2) is 78.9 Å². The Bertz CT molecular complexity index is 1190. The molecule has 6 nitrogen and oxygen atoms in total. The Morgan fingerprint density at radius 1 is 0.743 bits per heavy atom. The Kier molecular flexibility index (Phi) is 6.75. The van der Waals surface area contributed by atoms with E-state index in [0.29, 0.717) is 16.6 Å². The fraction of sp³-hybridized carbons (Fsp3) is 0.286. The van der Waals surface area contributed by atoms with E-state index in [2.05, 4.69) is 4.90 Å². The molecule has 5 rings (SSSR count). The van der Waals surface area contributed by atoms with Crippen molar-refractivity contribution >= 4 is 34.8 Å². The molecule has 0 aliphatic carbocycles. The number of amides is 2. The Balaban J connectivity index is 1.12. The van der Waals surface area contributed by atoms with E-state index in [4.69, 9.17) is 11.6 Å². The molecule has 0 aromatic heterocycles. The lowest BCUT2D eigenvalue weighted by Crippen LogP contribution is -2.64. The van der Waals surface area contributed by atoms with Gasteiger partial charge in [0.15, 0.2) is 0 Å². The predicted octanol–water partition coefficient (Wildman–Crippen LogP) is 4.39. The minimum Gasteiger partial charge on any atom is -0.343 e. The summed E-state index contributed by atoms with van der Waals surface area (Å²) < 4.78 is 0. The smallest absolute Gasteiger partial charge is 0.253 e. The molecule has 0 N–H and O–H groups in total. The molecule has 2 amide bonds. The molecule has 35 heavy (non-hydrogen) atoms. The molecular formula is C28H29ClN4O2. The molecule has 0 unspecified atom stereocenters. The first kappa shape index (κ1) is 23.4. The SMILES string of the molecule is CN(c1ccc(C(=O)N2CC(N3CCN(C(=O)c4ccccc4)CC3)C2)cc1)c1ccccc1Cl. The second-order valence-corrected chi connectivity index (χ2v) is 9.52. The van der Waals surface area contributed by atoms with Crippen molar-refractivity contribution in [2.75, 3.05) is 51.2 Å². The van der Waals surface area contributed by atoms with Gasteiger partial charge in [-0.1, -0.05) is 41.9 Å². The highest BCUT2D eigenvalue weighted by atomic mass is 35.5. The van der Waals surface area contributed by atoms with Gasteiger partial charge in [0, 0.05) is 69.2 Å². The normalized spacial score (nSPS) is 16.6. The molecule has 3 aromatic rings. The number of hydrogen-bond acceptors (Lipinski definition) is 4. The van der Waals surface area contributed by atoms with Crippen LogP contribution in [0.25, 0.3) is 0 Å². The van der Waals surface area contributed by atoms with Crippen molar-refractivity contribution < 1.29 is 9.59 Å². The fourth-order valence-corrected chi connectivity index (χ4v) is 5.04. The van der Waals surface area contributed by atoms with Crippen LogP contribution in [-0.4, -0.2) is 78.9 Å². The number of halogens is 1. The molecule has 2 fully saturated rings. The summed E-state index contributed by atoms with van der Waals surface area (Å²) in [6.45, 7) is 4.58. The third kappa shape index (κ3) is 4.90. The van der Waals surface area contributed by atoms with E-state index in [1.54, 1.807) is 0 Å². The zero-order valence-corrected chi connectivity index (χ0v) is 20.6. The summed E-state index contributed by atoms with van der Waals surface area (Å²) in [7, 11) is 1.96. The molecule has 180 valence electrons. The number of benzene rings is 3.